The standard InChI is InChI=1S/C12H22N2O.ClH/c1-2-12(5-6-12)11(15)14-9-10-4-3-7-13-8-10;/h10,13H,2-9H2,1H3,(H,14,15);1H. The Morgan fingerprint density at radius 1 is 1.50 bits per heavy atom. The molecule has 4 heteroatoms. The van der Waals surface area contributed by atoms with Crippen molar-refractivity contribution in [2.24, 2.45) is 11.3 Å². The normalized spacial score (nSPS) is 26.7. The number of hydrogen-bond donors (Lipinski definition) is 2. The summed E-state index contributed by atoms with van der Waals surface area (Å²) in [5.74, 6) is 0.950. The molecule has 1 unspecified atom stereocenters. The Balaban J connectivity index is 0.00000128. The molecule has 2 aliphatic rings. The number of halogens is 1. The Labute approximate surface area is 104 Å². The maximum Gasteiger partial charge on any atom is 0.226 e. The fraction of sp³-hybridized carbons (Fsp3) is 0.917. The van der Waals surface area contributed by atoms with E-state index in [1.54, 1.807) is 0 Å². The Morgan fingerprint density at radius 3 is 2.75 bits per heavy atom. The highest BCUT2D eigenvalue weighted by Crippen LogP contribution is 2.48. The van der Waals surface area contributed by atoms with E-state index in [0.717, 1.165) is 38.9 Å². The van der Waals surface area contributed by atoms with E-state index in [1.165, 1.54) is 12.8 Å². The van der Waals surface area contributed by atoms with Crippen molar-refractivity contribution in [3.05, 3.63) is 0 Å². The zero-order chi connectivity index (χ0) is 10.7. The van der Waals surface area contributed by atoms with Crippen molar-refractivity contribution in [2.75, 3.05) is 19.6 Å². The molecule has 0 spiro atoms. The van der Waals surface area contributed by atoms with Crippen molar-refractivity contribution in [3.8, 4) is 0 Å². The molecule has 3 nitrogen and oxygen atoms in total. The van der Waals surface area contributed by atoms with Crippen LogP contribution in [0.15, 0.2) is 0 Å². The second-order valence-corrected chi connectivity index (χ2v) is 5.06. The number of carbonyl (C=O) groups is 1. The van der Waals surface area contributed by atoms with Crippen molar-refractivity contribution < 1.29 is 4.79 Å². The molecule has 1 heterocycles. The van der Waals surface area contributed by atoms with Gasteiger partial charge in [0.15, 0.2) is 0 Å². The van der Waals surface area contributed by atoms with Gasteiger partial charge in [-0.2, -0.15) is 0 Å². The van der Waals surface area contributed by atoms with Gasteiger partial charge in [0.25, 0.3) is 0 Å². The van der Waals surface area contributed by atoms with Crippen LogP contribution in [0.1, 0.15) is 39.0 Å². The smallest absolute Gasteiger partial charge is 0.226 e. The molecule has 16 heavy (non-hydrogen) atoms. The summed E-state index contributed by atoms with van der Waals surface area (Å²) < 4.78 is 0. The molecule has 0 radical (unpaired) electrons. The van der Waals surface area contributed by atoms with E-state index in [9.17, 15) is 4.79 Å². The number of hydrogen-bond acceptors (Lipinski definition) is 2. The van der Waals surface area contributed by atoms with Crippen LogP contribution in [-0.4, -0.2) is 25.5 Å². The third-order valence-corrected chi connectivity index (χ3v) is 3.96. The summed E-state index contributed by atoms with van der Waals surface area (Å²) in [7, 11) is 0. The number of piperidine rings is 1. The summed E-state index contributed by atoms with van der Waals surface area (Å²) in [5.41, 5.74) is 0.0299. The molecule has 1 saturated heterocycles. The zero-order valence-corrected chi connectivity index (χ0v) is 10.9. The molecule has 1 amide bonds. The molecule has 1 saturated carbocycles. The van der Waals surface area contributed by atoms with E-state index >= 15 is 0 Å². The van der Waals surface area contributed by atoms with Gasteiger partial charge in [0.2, 0.25) is 5.91 Å². The molecular formula is C12H23ClN2O. The Morgan fingerprint density at radius 2 is 2.25 bits per heavy atom. The van der Waals surface area contributed by atoms with E-state index < -0.39 is 0 Å². The van der Waals surface area contributed by atoms with Crippen LogP contribution in [0.5, 0.6) is 0 Å². The molecule has 0 bridgehead atoms. The topological polar surface area (TPSA) is 41.1 Å². The van der Waals surface area contributed by atoms with Crippen LogP contribution < -0.4 is 10.6 Å². The molecular weight excluding hydrogens is 224 g/mol. The van der Waals surface area contributed by atoms with Gasteiger partial charge in [0.05, 0.1) is 0 Å². The van der Waals surface area contributed by atoms with Gasteiger partial charge >= 0.3 is 0 Å². The van der Waals surface area contributed by atoms with Crippen LogP contribution >= 0.6 is 12.4 Å². The number of amides is 1. The summed E-state index contributed by atoms with van der Waals surface area (Å²) in [6.07, 6.45) is 5.70. The predicted molar refractivity (Wildman–Crippen MR) is 67.8 cm³/mol. The van der Waals surface area contributed by atoms with Gasteiger partial charge in [-0.15, -0.1) is 12.4 Å². The van der Waals surface area contributed by atoms with Crippen LogP contribution in [0.25, 0.3) is 0 Å². The summed E-state index contributed by atoms with van der Waals surface area (Å²) in [5, 5.41) is 6.50. The van der Waals surface area contributed by atoms with Crippen LogP contribution in [0.3, 0.4) is 0 Å². The summed E-state index contributed by atoms with van der Waals surface area (Å²) in [6.45, 7) is 5.20. The minimum atomic E-state index is 0. The lowest BCUT2D eigenvalue weighted by molar-refractivity contribution is -0.126. The third kappa shape index (κ3) is 3.11. The highest BCUT2D eigenvalue weighted by molar-refractivity contribution is 5.85. The van der Waals surface area contributed by atoms with Crippen LogP contribution in [0.4, 0.5) is 0 Å². The Bertz CT molecular complexity index is 235. The Kier molecular flexibility index (Phi) is 5.06. The van der Waals surface area contributed by atoms with Crippen LogP contribution in [0, 0.1) is 11.3 Å². The molecule has 0 aromatic carbocycles. The van der Waals surface area contributed by atoms with E-state index in [0.29, 0.717) is 11.8 Å². The molecule has 0 aromatic heterocycles. The van der Waals surface area contributed by atoms with Gasteiger partial charge in [-0.1, -0.05) is 6.92 Å². The first-order valence-corrected chi connectivity index (χ1v) is 6.26. The number of nitrogens with one attached hydrogen (secondary N) is 2. The molecule has 1 atom stereocenters. The highest BCUT2D eigenvalue weighted by atomic mass is 35.5. The molecule has 2 rings (SSSR count). The van der Waals surface area contributed by atoms with Gasteiger partial charge < -0.3 is 10.6 Å². The average Bonchev–Trinajstić information content (AvgIpc) is 3.08. The van der Waals surface area contributed by atoms with E-state index in [2.05, 4.69) is 17.6 Å². The van der Waals surface area contributed by atoms with Crippen LogP contribution in [-0.2, 0) is 4.79 Å². The first-order chi connectivity index (χ1) is 7.27. The average molecular weight is 247 g/mol. The highest BCUT2D eigenvalue weighted by Gasteiger charge is 2.47. The van der Waals surface area contributed by atoms with E-state index in [1.807, 2.05) is 0 Å². The first-order valence-electron chi connectivity index (χ1n) is 6.26. The second-order valence-electron chi connectivity index (χ2n) is 5.06. The summed E-state index contributed by atoms with van der Waals surface area (Å²) in [6, 6.07) is 0. The molecule has 1 aliphatic heterocycles. The lowest BCUT2D eigenvalue weighted by Crippen LogP contribution is -2.40. The Hall–Kier alpha value is -0.280. The SMILES string of the molecule is CCC1(C(=O)NCC2CCCNC2)CC1.Cl. The largest absolute Gasteiger partial charge is 0.355 e. The minimum absolute atomic E-state index is 0. The fourth-order valence-corrected chi connectivity index (χ4v) is 2.41. The third-order valence-electron chi connectivity index (χ3n) is 3.96. The van der Waals surface area contributed by atoms with Crippen LogP contribution in [0.2, 0.25) is 0 Å². The van der Waals surface area contributed by atoms with Crippen molar-refractivity contribution in [2.45, 2.75) is 39.0 Å². The fourth-order valence-electron chi connectivity index (χ4n) is 2.41. The molecule has 0 aromatic rings. The monoisotopic (exact) mass is 246 g/mol. The van der Waals surface area contributed by atoms with Gasteiger partial charge in [-0.3, -0.25) is 4.79 Å². The first kappa shape index (κ1) is 13.8. The van der Waals surface area contributed by atoms with Crippen molar-refractivity contribution in [1.82, 2.24) is 10.6 Å². The molecule has 2 N–H and O–H groups in total. The summed E-state index contributed by atoms with van der Waals surface area (Å²) >= 11 is 0. The van der Waals surface area contributed by atoms with Crippen molar-refractivity contribution >= 4 is 18.3 Å². The van der Waals surface area contributed by atoms with Gasteiger partial charge in [0, 0.05) is 12.0 Å². The lowest BCUT2D eigenvalue weighted by atomic mass is 9.98. The zero-order valence-electron chi connectivity index (χ0n) is 10.1. The van der Waals surface area contributed by atoms with Gasteiger partial charge in [-0.25, -0.2) is 0 Å². The van der Waals surface area contributed by atoms with Gasteiger partial charge in [-0.05, 0) is 51.1 Å². The maximum atomic E-state index is 11.9. The van der Waals surface area contributed by atoms with E-state index in [-0.39, 0.29) is 17.8 Å². The predicted octanol–water partition coefficient (Wildman–Crippen LogP) is 1.71. The molecule has 1 aliphatic carbocycles. The second kappa shape index (κ2) is 5.87. The van der Waals surface area contributed by atoms with E-state index in [4.69, 9.17) is 0 Å². The van der Waals surface area contributed by atoms with Crippen molar-refractivity contribution in [3.63, 3.8) is 0 Å². The lowest BCUT2D eigenvalue weighted by Gasteiger charge is -2.24. The maximum absolute atomic E-state index is 11.9. The minimum Gasteiger partial charge on any atom is -0.355 e. The summed E-state index contributed by atoms with van der Waals surface area (Å²) in [4.78, 5) is 11.9. The molecule has 94 valence electrons. The molecule has 2 fully saturated rings. The van der Waals surface area contributed by atoms with Gasteiger partial charge in [0.1, 0.15) is 0 Å². The number of carbonyl (C=O) groups excluding carboxylic acids is 1. The van der Waals surface area contributed by atoms with Crippen molar-refractivity contribution in [1.29, 1.82) is 0 Å². The quantitative estimate of drug-likeness (QED) is 0.793. The number of rotatable bonds is 4.